The fraction of sp³-hybridized carbons (Fsp3) is 0.231. The quantitative estimate of drug-likeness (QED) is 0.185. The third kappa shape index (κ3) is 7.64. The molecule has 0 aliphatic rings. The summed E-state index contributed by atoms with van der Waals surface area (Å²) in [5, 5.41) is -0.0315. The van der Waals surface area contributed by atoms with Crippen LogP contribution in [0.1, 0.15) is 17.5 Å². The zero-order valence-electron chi connectivity index (χ0n) is 18.1. The molecule has 0 saturated carbocycles. The van der Waals surface area contributed by atoms with Crippen molar-refractivity contribution < 1.29 is 17.3 Å². The molecule has 32 heavy (non-hydrogen) atoms. The number of hydrogen-bond acceptors (Lipinski definition) is 5. The zero-order chi connectivity index (χ0) is 22.8. The Bertz CT molecular complexity index is 1070. The van der Waals surface area contributed by atoms with Crippen LogP contribution in [0.2, 0.25) is 0 Å². The topological polar surface area (TPSA) is 52.6 Å². The Morgan fingerprint density at radius 3 is 2.19 bits per heavy atom. The number of thioether (sulfide) groups is 1. The van der Waals surface area contributed by atoms with Crippen molar-refractivity contribution in [1.29, 1.82) is 0 Å². The predicted octanol–water partition coefficient (Wildman–Crippen LogP) is 6.02. The van der Waals surface area contributed by atoms with Crippen molar-refractivity contribution in [3.05, 3.63) is 109 Å². The number of benzene rings is 3. The second-order valence-corrected chi connectivity index (χ2v) is 10.3. The van der Waals surface area contributed by atoms with Gasteiger partial charge in [-0.1, -0.05) is 72.3 Å². The fourth-order valence-corrected chi connectivity index (χ4v) is 5.23. The Labute approximate surface area is 195 Å². The first-order valence-electron chi connectivity index (χ1n) is 10.4. The summed E-state index contributed by atoms with van der Waals surface area (Å²) in [6, 6.07) is 26.4. The largest absolute Gasteiger partial charge is 0.374 e. The summed E-state index contributed by atoms with van der Waals surface area (Å²) < 4.78 is 37.3. The molecule has 3 aromatic rings. The van der Waals surface area contributed by atoms with E-state index in [4.69, 9.17) is 8.92 Å². The van der Waals surface area contributed by atoms with Gasteiger partial charge in [0.15, 0.2) is 0 Å². The lowest BCUT2D eigenvalue weighted by molar-refractivity contribution is 0.0413. The lowest BCUT2D eigenvalue weighted by atomic mass is 10.2. The van der Waals surface area contributed by atoms with Crippen LogP contribution < -0.4 is 0 Å². The van der Waals surface area contributed by atoms with Gasteiger partial charge in [0, 0.05) is 10.1 Å². The molecule has 0 aliphatic heterocycles. The van der Waals surface area contributed by atoms with Crippen molar-refractivity contribution in [1.82, 2.24) is 0 Å². The summed E-state index contributed by atoms with van der Waals surface area (Å²) in [5.41, 5.74) is 2.00. The van der Waals surface area contributed by atoms with Gasteiger partial charge in [-0.05, 0) is 43.2 Å². The van der Waals surface area contributed by atoms with Crippen molar-refractivity contribution in [2.45, 2.75) is 41.1 Å². The van der Waals surface area contributed by atoms with Gasteiger partial charge < -0.3 is 4.74 Å². The molecule has 0 aromatic heterocycles. The molecule has 0 saturated heterocycles. The van der Waals surface area contributed by atoms with E-state index in [1.807, 2.05) is 73.7 Å². The summed E-state index contributed by atoms with van der Waals surface area (Å²) in [6.07, 6.45) is 1.62. The molecule has 0 radical (unpaired) electrons. The molecule has 0 aliphatic carbocycles. The Balaban J connectivity index is 1.71. The number of rotatable bonds is 12. The van der Waals surface area contributed by atoms with Gasteiger partial charge in [-0.3, -0.25) is 4.18 Å². The number of ether oxygens (including phenoxy) is 1. The molecule has 0 spiro atoms. The van der Waals surface area contributed by atoms with Crippen LogP contribution in [0, 0.1) is 6.92 Å². The third-order valence-corrected chi connectivity index (χ3v) is 7.38. The summed E-state index contributed by atoms with van der Waals surface area (Å²) in [5.74, 6) is 0. The first-order valence-corrected chi connectivity index (χ1v) is 12.7. The minimum absolute atomic E-state index is 0.0315. The normalized spacial score (nSPS) is 13.4. The number of aryl methyl sites for hydroxylation is 1. The van der Waals surface area contributed by atoms with Crippen LogP contribution in [-0.4, -0.2) is 26.4 Å². The molecule has 168 valence electrons. The van der Waals surface area contributed by atoms with E-state index in [0.717, 1.165) is 16.0 Å². The molecule has 2 atom stereocenters. The van der Waals surface area contributed by atoms with Gasteiger partial charge in [0.05, 0.1) is 18.1 Å². The van der Waals surface area contributed by atoms with Crippen LogP contribution in [0.15, 0.2) is 107 Å². The summed E-state index contributed by atoms with van der Waals surface area (Å²) in [6.45, 7) is 6.38. The summed E-state index contributed by atoms with van der Waals surface area (Å²) >= 11 is 1.62. The van der Waals surface area contributed by atoms with Gasteiger partial charge in [-0.25, -0.2) is 0 Å². The SMILES string of the molecule is C=CC(CC(COCc1ccccc1)OS(=O)(=O)c1ccc(C)cc1)Sc1ccccc1. The summed E-state index contributed by atoms with van der Waals surface area (Å²) in [4.78, 5) is 1.23. The molecule has 2 unspecified atom stereocenters. The molecular weight excluding hydrogens is 440 g/mol. The van der Waals surface area contributed by atoms with Gasteiger partial charge in [-0.15, -0.1) is 18.3 Å². The van der Waals surface area contributed by atoms with Crippen LogP contribution in [0.4, 0.5) is 0 Å². The van der Waals surface area contributed by atoms with Gasteiger partial charge in [0.25, 0.3) is 10.1 Å². The zero-order valence-corrected chi connectivity index (χ0v) is 19.7. The molecule has 0 amide bonds. The van der Waals surface area contributed by atoms with Crippen LogP contribution in [0.25, 0.3) is 0 Å². The first kappa shape index (κ1) is 24.3. The average molecular weight is 469 g/mol. The third-order valence-electron chi connectivity index (χ3n) is 4.78. The molecule has 0 fully saturated rings. The second-order valence-electron chi connectivity index (χ2n) is 7.43. The van der Waals surface area contributed by atoms with E-state index in [0.29, 0.717) is 13.0 Å². The van der Waals surface area contributed by atoms with Crippen LogP contribution in [0.3, 0.4) is 0 Å². The molecule has 3 rings (SSSR count). The van der Waals surface area contributed by atoms with Gasteiger partial charge in [0.2, 0.25) is 0 Å². The van der Waals surface area contributed by atoms with Crippen LogP contribution in [0.5, 0.6) is 0 Å². The minimum Gasteiger partial charge on any atom is -0.374 e. The van der Waals surface area contributed by atoms with E-state index >= 15 is 0 Å². The van der Waals surface area contributed by atoms with Crippen LogP contribution in [-0.2, 0) is 25.6 Å². The molecule has 4 nitrogen and oxygen atoms in total. The minimum atomic E-state index is -3.92. The lowest BCUT2D eigenvalue weighted by Crippen LogP contribution is -2.27. The Morgan fingerprint density at radius 2 is 1.56 bits per heavy atom. The van der Waals surface area contributed by atoms with Crippen molar-refractivity contribution >= 4 is 21.9 Å². The van der Waals surface area contributed by atoms with Crippen LogP contribution >= 0.6 is 11.8 Å². The fourth-order valence-electron chi connectivity index (χ4n) is 3.08. The number of hydrogen-bond donors (Lipinski definition) is 0. The predicted molar refractivity (Wildman–Crippen MR) is 130 cm³/mol. The first-order chi connectivity index (χ1) is 15.5. The standard InChI is InChI=1S/C26H28O4S2/c1-3-24(31-25-12-8-5-9-13-25)18-23(20-29-19-22-10-6-4-7-11-22)30-32(27,28)26-16-14-21(2)15-17-26/h3-17,23-24H,1,18-20H2,2H3. The molecular formula is C26H28O4S2. The lowest BCUT2D eigenvalue weighted by Gasteiger charge is -2.22. The Morgan fingerprint density at radius 1 is 0.938 bits per heavy atom. The summed E-state index contributed by atoms with van der Waals surface area (Å²) in [7, 11) is -3.92. The van der Waals surface area contributed by atoms with Gasteiger partial charge >= 0.3 is 0 Å². The maximum Gasteiger partial charge on any atom is 0.297 e. The smallest absolute Gasteiger partial charge is 0.297 e. The van der Waals surface area contributed by atoms with Crippen molar-refractivity contribution in [2.24, 2.45) is 0 Å². The second kappa shape index (κ2) is 12.0. The van der Waals surface area contributed by atoms with E-state index in [1.54, 1.807) is 36.0 Å². The maximum atomic E-state index is 12.9. The van der Waals surface area contributed by atoms with E-state index < -0.39 is 16.2 Å². The van der Waals surface area contributed by atoms with Crippen molar-refractivity contribution in [2.75, 3.05) is 6.61 Å². The van der Waals surface area contributed by atoms with Crippen molar-refractivity contribution in [3.63, 3.8) is 0 Å². The highest BCUT2D eigenvalue weighted by Gasteiger charge is 2.25. The highest BCUT2D eigenvalue weighted by atomic mass is 32.2. The van der Waals surface area contributed by atoms with E-state index in [9.17, 15) is 8.42 Å². The molecule has 6 heteroatoms. The highest BCUT2D eigenvalue weighted by Crippen LogP contribution is 2.28. The Hall–Kier alpha value is -2.38. The molecule has 0 N–H and O–H groups in total. The molecule has 0 heterocycles. The van der Waals surface area contributed by atoms with Gasteiger partial charge in [-0.2, -0.15) is 8.42 Å². The van der Waals surface area contributed by atoms with E-state index in [-0.39, 0.29) is 16.8 Å². The van der Waals surface area contributed by atoms with E-state index in [2.05, 4.69) is 6.58 Å². The monoisotopic (exact) mass is 468 g/mol. The molecule has 3 aromatic carbocycles. The Kier molecular flexibility index (Phi) is 9.11. The highest BCUT2D eigenvalue weighted by molar-refractivity contribution is 8.00. The average Bonchev–Trinajstić information content (AvgIpc) is 2.80. The molecule has 0 bridgehead atoms. The van der Waals surface area contributed by atoms with Gasteiger partial charge in [0.1, 0.15) is 6.10 Å². The maximum absolute atomic E-state index is 12.9. The van der Waals surface area contributed by atoms with E-state index in [1.165, 1.54) is 0 Å². The van der Waals surface area contributed by atoms with Crippen molar-refractivity contribution in [3.8, 4) is 0 Å².